The van der Waals surface area contributed by atoms with Crippen molar-refractivity contribution in [3.63, 3.8) is 0 Å². The van der Waals surface area contributed by atoms with Crippen LogP contribution in [-0.2, 0) is 98.5 Å². The van der Waals surface area contributed by atoms with Gasteiger partial charge in [-0.25, -0.2) is 14.4 Å². The summed E-state index contributed by atoms with van der Waals surface area (Å²) in [6.45, 7) is 39.3. The van der Waals surface area contributed by atoms with Crippen LogP contribution in [0.2, 0.25) is 0 Å². The van der Waals surface area contributed by atoms with Crippen LogP contribution >= 0.6 is 0 Å². The minimum absolute atomic E-state index is 0.0399. The number of hydrogen-bond donors (Lipinski definition) is 5. The molecule has 6 N–H and O–H groups in total. The lowest BCUT2D eigenvalue weighted by molar-refractivity contribution is -0.151. The first-order chi connectivity index (χ1) is 51.4. The number of rotatable bonds is 41. The first kappa shape index (κ1) is 94.7. The molecule has 620 valence electrons. The zero-order chi connectivity index (χ0) is 81.1. The van der Waals surface area contributed by atoms with Crippen molar-refractivity contribution >= 4 is 47.7 Å². The minimum Gasteiger partial charge on any atom is -0.480 e. The van der Waals surface area contributed by atoms with E-state index in [2.05, 4.69) is 41.9 Å². The molecule has 10 atom stereocenters. The summed E-state index contributed by atoms with van der Waals surface area (Å²) in [4.78, 5) is 109. The molecule has 0 saturated carbocycles. The van der Waals surface area contributed by atoms with Crippen LogP contribution in [0.15, 0.2) is 48.5 Å². The number of benzene rings is 2. The van der Waals surface area contributed by atoms with Gasteiger partial charge >= 0.3 is 18.2 Å². The number of likely N-dealkylation sites (tertiary alicyclic amines) is 2. The number of amides is 7. The number of ether oxygens (including phenoxy) is 12. The Morgan fingerprint density at radius 2 is 0.817 bits per heavy atom. The zero-order valence-electron chi connectivity index (χ0n) is 68.7. The van der Waals surface area contributed by atoms with Crippen LogP contribution in [-0.4, -0.2) is 278 Å². The molecule has 7 amide bonds. The first-order valence-electron chi connectivity index (χ1n) is 38.9. The average Bonchev–Trinajstić information content (AvgIpc) is 1.79. The van der Waals surface area contributed by atoms with Gasteiger partial charge in [0, 0.05) is 53.2 Å². The molecule has 0 spiro atoms. The highest BCUT2D eigenvalue weighted by atomic mass is 16.6. The first-order valence-corrected chi connectivity index (χ1v) is 38.9. The Bertz CT molecular complexity index is 3080. The normalized spacial score (nSPS) is 19.4. The lowest BCUT2D eigenvalue weighted by Gasteiger charge is -2.37. The number of nitrogens with one attached hydrogen (secondary N) is 3. The molecule has 4 aliphatic rings. The van der Waals surface area contributed by atoms with Crippen molar-refractivity contribution in [2.45, 2.75) is 234 Å². The molecule has 2 aliphatic carbocycles. The third-order valence-corrected chi connectivity index (χ3v) is 18.5. The molecule has 2 aliphatic heterocycles. The fraction of sp³-hybridized carbons (Fsp3) is 0.750. The quantitative estimate of drug-likeness (QED) is 0.0394. The highest BCUT2D eigenvalue weighted by Gasteiger charge is 2.46. The fourth-order valence-electron chi connectivity index (χ4n) is 12.3. The second-order valence-electron chi connectivity index (χ2n) is 31.9. The maximum atomic E-state index is 14.2. The van der Waals surface area contributed by atoms with Gasteiger partial charge in [-0.3, -0.25) is 33.8 Å². The average molecular weight is 1540 g/mol. The minimum atomic E-state index is -1.05. The van der Waals surface area contributed by atoms with E-state index in [4.69, 9.17) is 62.6 Å². The van der Waals surface area contributed by atoms with Crippen molar-refractivity contribution in [1.29, 1.82) is 0 Å². The molecule has 29 nitrogen and oxygen atoms in total. The van der Waals surface area contributed by atoms with Gasteiger partial charge in [0.2, 0.25) is 29.5 Å². The molecule has 0 radical (unpaired) electrons. The zero-order valence-corrected chi connectivity index (χ0v) is 68.7. The fourth-order valence-corrected chi connectivity index (χ4v) is 12.3. The van der Waals surface area contributed by atoms with Gasteiger partial charge in [0.05, 0.1) is 130 Å². The number of hydrogen-bond acceptors (Lipinski definition) is 21. The number of carbonyl (C=O) groups excluding carboxylic acids is 7. The van der Waals surface area contributed by atoms with Crippen molar-refractivity contribution in [3.05, 3.63) is 70.8 Å². The van der Waals surface area contributed by atoms with Gasteiger partial charge in [-0.2, -0.15) is 0 Å². The monoisotopic (exact) mass is 1540 g/mol. The smallest absolute Gasteiger partial charge is 0.410 e. The van der Waals surface area contributed by atoms with E-state index in [0.717, 1.165) is 43.6 Å². The Morgan fingerprint density at radius 3 is 1.18 bits per heavy atom. The summed E-state index contributed by atoms with van der Waals surface area (Å²) in [5.74, 6) is -3.09. The SMILES string of the molecule is CCCOCCOCCOCCOCCO[C@@H]1Cc2ccccc2[C@@H]1N.CCCOCCOCCOCCOCCO[C@@H]1Cc2ccccc2[C@@H]1NC(=O)[C@@H]1CCCN1C(=O)[C@@H](NC(=O)[C@H](C)N(C)C(=O)OC(C)(C)C)C(C)(C)C.C[C@@H](C(=O)N[C@H](C(=O)N1CCC[C@H]1C(=O)O)C(C)(C)C)N(C)C(=O)OC(C)(C)C. The molecule has 2 saturated heterocycles. The van der Waals surface area contributed by atoms with E-state index in [1.807, 2.05) is 57.2 Å². The Labute approximate surface area is 648 Å². The largest absolute Gasteiger partial charge is 0.480 e. The molecular formula is C80H134N8O21. The molecule has 0 unspecified atom stereocenters. The lowest BCUT2D eigenvalue weighted by Crippen LogP contribution is -2.60. The third kappa shape index (κ3) is 33.3. The standard InChI is InChI=1S/C40H66N4O10.C20H35N3O6.C20H33NO5/c1-10-18-49-19-20-50-21-22-51-23-24-52-25-26-53-32-27-29-14-11-12-15-30(29)33(32)41-36(46)31-16-13-17-44(31)37(47)34(39(3,4)5)42-35(45)28(2)43(9)38(48)54-40(6,7)8;1-12(22(8)18(28)29-20(5,6)7)15(24)21-14(19(2,3)4)16(25)23-11-9-10-13(23)17(26)27;1-2-7-22-8-9-23-10-11-24-12-13-25-14-15-26-19-16-17-5-3-4-6-18(17)20(19)21/h11-12,14-15,28,31-34H,10,13,16-27H2,1-9H3,(H,41,46)(H,42,45);12-14H,9-11H2,1-8H3,(H,21,24)(H,26,27);3-6,19-20H,2,7-16,21H2,1H3/t28-,31-,32+,33-,34+;12-,13-,14+;19-,20+/m001/s1. The summed E-state index contributed by atoms with van der Waals surface area (Å²) in [6, 6.07) is 10.5. The summed E-state index contributed by atoms with van der Waals surface area (Å²) < 4.78 is 66.7. The molecule has 0 aromatic heterocycles. The number of carbonyl (C=O) groups is 8. The third-order valence-electron chi connectivity index (χ3n) is 18.5. The maximum absolute atomic E-state index is 14.2. The molecule has 29 heteroatoms. The van der Waals surface area contributed by atoms with Crippen LogP contribution in [0.3, 0.4) is 0 Å². The Kier molecular flexibility index (Phi) is 41.4. The number of likely N-dealkylation sites (N-methyl/N-ethyl adjacent to an activating group) is 2. The highest BCUT2D eigenvalue weighted by molar-refractivity contribution is 5.95. The lowest BCUT2D eigenvalue weighted by atomic mass is 9.85. The van der Waals surface area contributed by atoms with Crippen molar-refractivity contribution in [2.24, 2.45) is 16.6 Å². The molecule has 2 fully saturated rings. The Morgan fingerprint density at radius 1 is 0.486 bits per heavy atom. The van der Waals surface area contributed by atoms with Crippen LogP contribution in [0.4, 0.5) is 9.59 Å². The number of nitrogens with zero attached hydrogens (tertiary/aromatic N) is 4. The molecule has 2 heterocycles. The summed E-state index contributed by atoms with van der Waals surface area (Å²) >= 11 is 0. The summed E-state index contributed by atoms with van der Waals surface area (Å²) in [7, 11) is 2.94. The van der Waals surface area contributed by atoms with E-state index in [1.165, 1.54) is 39.9 Å². The number of aliphatic carboxylic acids is 1. The van der Waals surface area contributed by atoms with E-state index >= 15 is 0 Å². The van der Waals surface area contributed by atoms with E-state index in [0.29, 0.717) is 151 Å². The van der Waals surface area contributed by atoms with Crippen molar-refractivity contribution < 1.29 is 100 Å². The Balaban J connectivity index is 0.000000382. The molecular weight excluding hydrogens is 1410 g/mol. The predicted molar refractivity (Wildman–Crippen MR) is 412 cm³/mol. The number of nitrogens with two attached hydrogens (primary N) is 1. The summed E-state index contributed by atoms with van der Waals surface area (Å²) in [5.41, 5.74) is 8.05. The second kappa shape index (κ2) is 47.7. The van der Waals surface area contributed by atoms with Gasteiger partial charge in [0.1, 0.15) is 47.5 Å². The van der Waals surface area contributed by atoms with Gasteiger partial charge in [-0.1, -0.05) is 104 Å². The van der Waals surface area contributed by atoms with Crippen molar-refractivity contribution in [3.8, 4) is 0 Å². The van der Waals surface area contributed by atoms with Gasteiger partial charge in [0.25, 0.3) is 0 Å². The van der Waals surface area contributed by atoms with E-state index in [1.54, 1.807) is 81.1 Å². The van der Waals surface area contributed by atoms with Crippen LogP contribution in [0.1, 0.15) is 184 Å². The molecule has 0 bridgehead atoms. The predicted octanol–water partition coefficient (Wildman–Crippen LogP) is 7.99. The van der Waals surface area contributed by atoms with Gasteiger partial charge in [-0.15, -0.1) is 0 Å². The molecule has 6 rings (SSSR count). The van der Waals surface area contributed by atoms with Crippen molar-refractivity contribution in [2.75, 3.05) is 146 Å². The second-order valence-corrected chi connectivity index (χ2v) is 31.9. The van der Waals surface area contributed by atoms with E-state index < -0.39 is 100 Å². The van der Waals surface area contributed by atoms with Crippen LogP contribution < -0.4 is 21.7 Å². The highest BCUT2D eigenvalue weighted by Crippen LogP contribution is 2.36. The van der Waals surface area contributed by atoms with Gasteiger partial charge < -0.3 is 93.4 Å². The van der Waals surface area contributed by atoms with Crippen LogP contribution in [0.5, 0.6) is 0 Å². The Hall–Kier alpha value is -6.64. The number of fused-ring (bicyclic) bond motifs is 2. The number of carboxylic acid groups (broad SMARTS) is 1. The maximum Gasteiger partial charge on any atom is 0.410 e. The van der Waals surface area contributed by atoms with E-state index in [9.17, 15) is 43.5 Å². The van der Waals surface area contributed by atoms with Crippen molar-refractivity contribution in [1.82, 2.24) is 35.6 Å². The van der Waals surface area contributed by atoms with Gasteiger partial charge in [-0.05, 0) is 127 Å². The molecule has 109 heavy (non-hydrogen) atoms. The molecule has 2 aromatic rings. The van der Waals surface area contributed by atoms with Crippen LogP contribution in [0, 0.1) is 10.8 Å². The number of carboxylic acids is 1. The topological polar surface area (TPSA) is 343 Å². The summed E-state index contributed by atoms with van der Waals surface area (Å²) in [5, 5.41) is 18.2. The van der Waals surface area contributed by atoms with E-state index in [-0.39, 0.29) is 30.1 Å². The van der Waals surface area contributed by atoms with Crippen LogP contribution in [0.25, 0.3) is 0 Å². The van der Waals surface area contributed by atoms with Gasteiger partial charge in [0.15, 0.2) is 0 Å². The molecule has 2 aromatic carbocycles. The summed E-state index contributed by atoms with van der Waals surface area (Å²) in [6.07, 6.45) is 4.13.